The molecule has 0 aliphatic carbocycles. The number of anilines is 2. The molecule has 0 aromatic heterocycles. The summed E-state index contributed by atoms with van der Waals surface area (Å²) in [5.74, 6) is -2.72. The fourth-order valence-electron chi connectivity index (χ4n) is 2.65. The van der Waals surface area contributed by atoms with Crippen LogP contribution in [0, 0.1) is 11.6 Å². The van der Waals surface area contributed by atoms with Crippen molar-refractivity contribution in [1.82, 2.24) is 5.32 Å². The van der Waals surface area contributed by atoms with Crippen molar-refractivity contribution in [3.8, 4) is 0 Å². The van der Waals surface area contributed by atoms with E-state index in [1.54, 1.807) is 24.3 Å². The maximum absolute atomic E-state index is 13.2. The Balaban J connectivity index is 1.59. The monoisotopic (exact) mass is 395 g/mol. The van der Waals surface area contributed by atoms with Crippen molar-refractivity contribution in [3.63, 3.8) is 0 Å². The highest BCUT2D eigenvalue weighted by Gasteiger charge is 2.13. The summed E-state index contributed by atoms with van der Waals surface area (Å²) >= 11 is 0. The molecule has 0 unspecified atom stereocenters. The first-order chi connectivity index (χ1) is 14.0. The summed E-state index contributed by atoms with van der Waals surface area (Å²) < 4.78 is 26.2. The average Bonchev–Trinajstić information content (AvgIpc) is 2.74. The zero-order valence-corrected chi connectivity index (χ0v) is 15.4. The molecule has 3 N–H and O–H groups in total. The molecule has 0 heterocycles. The molecular weight excluding hydrogens is 376 g/mol. The number of para-hydroxylation sites is 1. The minimum atomic E-state index is -1.00. The number of halogens is 2. The van der Waals surface area contributed by atoms with Gasteiger partial charge in [-0.05, 0) is 29.8 Å². The molecule has 7 heteroatoms. The highest BCUT2D eigenvalue weighted by molar-refractivity contribution is 6.04. The van der Waals surface area contributed by atoms with Crippen molar-refractivity contribution >= 4 is 23.2 Å². The highest BCUT2D eigenvalue weighted by atomic mass is 19.2. The van der Waals surface area contributed by atoms with Gasteiger partial charge in [0.25, 0.3) is 5.91 Å². The zero-order valence-electron chi connectivity index (χ0n) is 15.4. The first kappa shape index (κ1) is 20.0. The van der Waals surface area contributed by atoms with E-state index in [0.717, 1.165) is 17.7 Å². The largest absolute Gasteiger partial charge is 0.376 e. The predicted molar refractivity (Wildman–Crippen MR) is 108 cm³/mol. The molecule has 3 aromatic rings. The molecule has 0 aliphatic rings. The van der Waals surface area contributed by atoms with Crippen molar-refractivity contribution in [1.29, 1.82) is 0 Å². The van der Waals surface area contributed by atoms with Gasteiger partial charge in [-0.2, -0.15) is 0 Å². The number of rotatable bonds is 7. The van der Waals surface area contributed by atoms with Crippen LogP contribution in [0.5, 0.6) is 0 Å². The van der Waals surface area contributed by atoms with Gasteiger partial charge in [-0.15, -0.1) is 0 Å². The van der Waals surface area contributed by atoms with Gasteiger partial charge in [-0.3, -0.25) is 9.59 Å². The van der Waals surface area contributed by atoms with Crippen molar-refractivity contribution in [3.05, 3.63) is 95.6 Å². The summed E-state index contributed by atoms with van der Waals surface area (Å²) in [4.78, 5) is 24.7. The number of amides is 2. The lowest BCUT2D eigenvalue weighted by Crippen LogP contribution is -2.26. The molecule has 148 valence electrons. The van der Waals surface area contributed by atoms with Gasteiger partial charge in [-0.1, -0.05) is 42.5 Å². The summed E-state index contributed by atoms with van der Waals surface area (Å²) in [5, 5.41) is 8.18. The van der Waals surface area contributed by atoms with E-state index in [2.05, 4.69) is 16.0 Å². The van der Waals surface area contributed by atoms with Gasteiger partial charge in [0.15, 0.2) is 11.6 Å². The molecule has 3 aromatic carbocycles. The van der Waals surface area contributed by atoms with Gasteiger partial charge in [0, 0.05) is 18.3 Å². The highest BCUT2D eigenvalue weighted by Crippen LogP contribution is 2.16. The average molecular weight is 395 g/mol. The van der Waals surface area contributed by atoms with Crippen LogP contribution in [0.2, 0.25) is 0 Å². The molecule has 0 spiro atoms. The van der Waals surface area contributed by atoms with Crippen LogP contribution in [0.15, 0.2) is 72.8 Å². The second kappa shape index (κ2) is 9.45. The van der Waals surface area contributed by atoms with E-state index in [1.807, 2.05) is 30.3 Å². The Morgan fingerprint density at radius 1 is 0.828 bits per heavy atom. The van der Waals surface area contributed by atoms with Crippen LogP contribution in [-0.2, 0) is 11.3 Å². The number of carbonyl (C=O) groups excluding carboxylic acids is 2. The van der Waals surface area contributed by atoms with Crippen molar-refractivity contribution in [2.75, 3.05) is 17.2 Å². The van der Waals surface area contributed by atoms with Gasteiger partial charge in [0.1, 0.15) is 0 Å². The Morgan fingerprint density at radius 3 is 2.31 bits per heavy atom. The first-order valence-corrected chi connectivity index (χ1v) is 8.93. The summed E-state index contributed by atoms with van der Waals surface area (Å²) in [7, 11) is 0. The van der Waals surface area contributed by atoms with Crippen LogP contribution in [-0.4, -0.2) is 18.4 Å². The number of hydrogen-bond acceptors (Lipinski definition) is 3. The molecule has 3 rings (SSSR count). The lowest BCUT2D eigenvalue weighted by Gasteiger charge is -2.12. The molecule has 0 radical (unpaired) electrons. The van der Waals surface area contributed by atoms with Gasteiger partial charge in [0.2, 0.25) is 5.91 Å². The summed E-state index contributed by atoms with van der Waals surface area (Å²) in [6.07, 6.45) is 0. The molecular formula is C22H19F2N3O2. The van der Waals surface area contributed by atoms with E-state index < -0.39 is 17.5 Å². The molecule has 29 heavy (non-hydrogen) atoms. The Bertz CT molecular complexity index is 1010. The molecule has 0 saturated carbocycles. The second-order valence-corrected chi connectivity index (χ2v) is 6.24. The number of benzene rings is 3. The number of nitrogens with one attached hydrogen (secondary N) is 3. The predicted octanol–water partition coefficient (Wildman–Crippen LogP) is 3.95. The van der Waals surface area contributed by atoms with Gasteiger partial charge in [-0.25, -0.2) is 8.78 Å². The quantitative estimate of drug-likeness (QED) is 0.567. The normalized spacial score (nSPS) is 10.3. The van der Waals surface area contributed by atoms with Crippen molar-refractivity contribution < 1.29 is 18.4 Å². The smallest absolute Gasteiger partial charge is 0.253 e. The van der Waals surface area contributed by atoms with Crippen molar-refractivity contribution in [2.45, 2.75) is 6.54 Å². The third-order valence-electron chi connectivity index (χ3n) is 4.11. The Hall–Kier alpha value is -3.74. The Kier molecular flexibility index (Phi) is 6.52. The third-order valence-corrected chi connectivity index (χ3v) is 4.11. The first-order valence-electron chi connectivity index (χ1n) is 8.93. The molecule has 0 bridgehead atoms. The summed E-state index contributed by atoms with van der Waals surface area (Å²) in [6.45, 7) is 0.185. The minimum absolute atomic E-state index is 0.176. The second-order valence-electron chi connectivity index (χ2n) is 6.24. The Labute approximate surface area is 166 Å². The fraction of sp³-hybridized carbons (Fsp3) is 0.0909. The SMILES string of the molecule is O=C(CNc1ccc(F)c(F)c1)Nc1ccccc1C(=O)NCc1ccccc1. The third kappa shape index (κ3) is 5.62. The van der Waals surface area contributed by atoms with E-state index in [4.69, 9.17) is 0 Å². The topological polar surface area (TPSA) is 70.2 Å². The maximum Gasteiger partial charge on any atom is 0.253 e. The van der Waals surface area contributed by atoms with E-state index in [1.165, 1.54) is 6.07 Å². The van der Waals surface area contributed by atoms with Gasteiger partial charge in [0.05, 0.1) is 17.8 Å². The molecule has 5 nitrogen and oxygen atoms in total. The van der Waals surface area contributed by atoms with Gasteiger partial charge >= 0.3 is 0 Å². The van der Waals surface area contributed by atoms with E-state index >= 15 is 0 Å². The zero-order chi connectivity index (χ0) is 20.6. The number of carbonyl (C=O) groups is 2. The number of hydrogen-bond donors (Lipinski definition) is 3. The molecule has 0 aliphatic heterocycles. The van der Waals surface area contributed by atoms with Crippen LogP contribution in [0.3, 0.4) is 0 Å². The van der Waals surface area contributed by atoms with Crippen LogP contribution >= 0.6 is 0 Å². The summed E-state index contributed by atoms with van der Waals surface area (Å²) in [5.41, 5.74) is 1.91. The fourth-order valence-corrected chi connectivity index (χ4v) is 2.65. The van der Waals surface area contributed by atoms with Gasteiger partial charge < -0.3 is 16.0 Å². The van der Waals surface area contributed by atoms with E-state index in [9.17, 15) is 18.4 Å². The Morgan fingerprint density at radius 2 is 1.55 bits per heavy atom. The van der Waals surface area contributed by atoms with E-state index in [-0.39, 0.29) is 18.1 Å². The van der Waals surface area contributed by atoms with Crippen LogP contribution in [0.4, 0.5) is 20.2 Å². The van der Waals surface area contributed by atoms with E-state index in [0.29, 0.717) is 17.8 Å². The lowest BCUT2D eigenvalue weighted by molar-refractivity contribution is -0.114. The standard InChI is InChI=1S/C22H19F2N3O2/c23-18-11-10-16(12-19(18)24)25-14-21(28)27-20-9-5-4-8-17(20)22(29)26-13-15-6-2-1-3-7-15/h1-12,25H,13-14H2,(H,26,29)(H,27,28). The van der Waals surface area contributed by atoms with Crippen molar-refractivity contribution in [2.24, 2.45) is 0 Å². The molecule has 0 fully saturated rings. The van der Waals surface area contributed by atoms with Crippen LogP contribution < -0.4 is 16.0 Å². The molecule has 0 atom stereocenters. The lowest BCUT2D eigenvalue weighted by atomic mass is 10.1. The van der Waals surface area contributed by atoms with Crippen LogP contribution in [0.25, 0.3) is 0 Å². The summed E-state index contributed by atoms with van der Waals surface area (Å²) in [6, 6.07) is 19.4. The maximum atomic E-state index is 13.2. The molecule has 2 amide bonds. The van der Waals surface area contributed by atoms with Crippen LogP contribution in [0.1, 0.15) is 15.9 Å². The minimum Gasteiger partial charge on any atom is -0.376 e. The molecule has 0 saturated heterocycles.